The molecule has 116 valence electrons. The maximum Gasteiger partial charge on any atom is 0.404 e. The van der Waals surface area contributed by atoms with Crippen molar-refractivity contribution in [1.82, 2.24) is 10.6 Å². The van der Waals surface area contributed by atoms with Gasteiger partial charge in [-0.3, -0.25) is 4.79 Å². The molecule has 0 aromatic heterocycles. The molecule has 0 saturated carbocycles. The number of amides is 1. The molecule has 2 rings (SSSR count). The zero-order valence-electron chi connectivity index (χ0n) is 10.9. The normalized spacial score (nSPS) is 22.3. The Kier molecular flexibility index (Phi) is 4.18. The zero-order chi connectivity index (χ0) is 15.7. The molecule has 21 heavy (non-hydrogen) atoms. The highest BCUT2D eigenvalue weighted by Crippen LogP contribution is 2.43. The van der Waals surface area contributed by atoms with Crippen LogP contribution in [0.1, 0.15) is 12.0 Å². The van der Waals surface area contributed by atoms with Crippen LogP contribution in [-0.2, 0) is 11.3 Å². The fraction of sp³-hybridized carbons (Fsp3) is 0.462. The van der Waals surface area contributed by atoms with Gasteiger partial charge in [0.1, 0.15) is 11.6 Å². The summed E-state index contributed by atoms with van der Waals surface area (Å²) < 4.78 is 65.4. The standard InChI is InChI=1S/C13H13F5N2O/c14-9-2-1-8(10(15)5-9)6-20-11(21)12(13(16,17)18)3-4-19-7-12/h1-2,5,19H,3-4,6-7H2,(H,20,21). The Hall–Kier alpha value is -1.70. The summed E-state index contributed by atoms with van der Waals surface area (Å²) in [6.07, 6.45) is -5.06. The molecule has 3 nitrogen and oxygen atoms in total. The third kappa shape index (κ3) is 2.99. The highest BCUT2D eigenvalue weighted by atomic mass is 19.4. The second kappa shape index (κ2) is 5.59. The van der Waals surface area contributed by atoms with Gasteiger partial charge < -0.3 is 10.6 Å². The fourth-order valence-electron chi connectivity index (χ4n) is 2.27. The topological polar surface area (TPSA) is 41.1 Å². The number of nitrogens with one attached hydrogen (secondary N) is 2. The summed E-state index contributed by atoms with van der Waals surface area (Å²) in [4.78, 5) is 11.9. The predicted molar refractivity (Wildman–Crippen MR) is 64.2 cm³/mol. The van der Waals surface area contributed by atoms with Gasteiger partial charge in [0, 0.05) is 24.7 Å². The zero-order valence-corrected chi connectivity index (χ0v) is 10.9. The van der Waals surface area contributed by atoms with E-state index in [2.05, 4.69) is 10.6 Å². The number of rotatable bonds is 3. The Morgan fingerprint density at radius 1 is 1.33 bits per heavy atom. The second-order valence-electron chi connectivity index (χ2n) is 4.93. The number of alkyl halides is 3. The molecule has 1 amide bonds. The van der Waals surface area contributed by atoms with Gasteiger partial charge in [-0.25, -0.2) is 8.78 Å². The van der Waals surface area contributed by atoms with Crippen LogP contribution in [0.2, 0.25) is 0 Å². The van der Waals surface area contributed by atoms with Crippen molar-refractivity contribution < 1.29 is 26.7 Å². The summed E-state index contributed by atoms with van der Waals surface area (Å²) in [5.74, 6) is -2.92. The van der Waals surface area contributed by atoms with E-state index in [4.69, 9.17) is 0 Å². The van der Waals surface area contributed by atoms with Crippen molar-refractivity contribution in [3.05, 3.63) is 35.4 Å². The summed E-state index contributed by atoms with van der Waals surface area (Å²) in [6.45, 7) is -0.852. The first-order chi connectivity index (χ1) is 9.76. The molecule has 0 radical (unpaired) electrons. The van der Waals surface area contributed by atoms with Crippen molar-refractivity contribution in [2.75, 3.05) is 13.1 Å². The summed E-state index contributed by atoms with van der Waals surface area (Å²) in [7, 11) is 0. The smallest absolute Gasteiger partial charge is 0.351 e. The number of halogens is 5. The van der Waals surface area contributed by atoms with Gasteiger partial charge >= 0.3 is 6.18 Å². The van der Waals surface area contributed by atoms with Crippen LogP contribution in [0.4, 0.5) is 22.0 Å². The average Bonchev–Trinajstić information content (AvgIpc) is 2.87. The minimum atomic E-state index is -4.69. The first kappa shape index (κ1) is 15.7. The number of hydrogen-bond donors (Lipinski definition) is 2. The third-order valence-electron chi connectivity index (χ3n) is 3.59. The molecule has 1 aliphatic rings. The summed E-state index contributed by atoms with van der Waals surface area (Å²) in [6, 6.07) is 2.66. The van der Waals surface area contributed by atoms with E-state index in [0.29, 0.717) is 6.07 Å². The van der Waals surface area contributed by atoms with E-state index in [1.165, 1.54) is 0 Å². The molecule has 1 atom stereocenters. The van der Waals surface area contributed by atoms with Crippen molar-refractivity contribution in [2.45, 2.75) is 19.1 Å². The number of hydrogen-bond acceptors (Lipinski definition) is 2. The number of carbonyl (C=O) groups is 1. The van der Waals surface area contributed by atoms with E-state index < -0.39 is 42.2 Å². The molecule has 1 fully saturated rings. The molecule has 1 saturated heterocycles. The van der Waals surface area contributed by atoms with Crippen molar-refractivity contribution in [2.24, 2.45) is 5.41 Å². The summed E-state index contributed by atoms with van der Waals surface area (Å²) in [5, 5.41) is 4.60. The maximum absolute atomic E-state index is 13.4. The molecular formula is C13H13F5N2O. The van der Waals surface area contributed by atoms with E-state index in [1.807, 2.05) is 0 Å². The quantitative estimate of drug-likeness (QED) is 0.840. The lowest BCUT2D eigenvalue weighted by Gasteiger charge is -2.29. The van der Waals surface area contributed by atoms with Gasteiger partial charge in [-0.15, -0.1) is 0 Å². The van der Waals surface area contributed by atoms with Crippen LogP contribution in [0, 0.1) is 17.0 Å². The summed E-state index contributed by atoms with van der Waals surface area (Å²) in [5.41, 5.74) is -2.57. The molecule has 1 aromatic carbocycles. The van der Waals surface area contributed by atoms with Crippen LogP contribution in [0.5, 0.6) is 0 Å². The lowest BCUT2D eigenvalue weighted by molar-refractivity contribution is -0.216. The Bertz CT molecular complexity index is 538. The molecule has 1 aliphatic heterocycles. The Balaban J connectivity index is 2.10. The molecule has 1 unspecified atom stereocenters. The Labute approximate surface area is 117 Å². The lowest BCUT2D eigenvalue weighted by Crippen LogP contribution is -2.52. The molecule has 8 heteroatoms. The Morgan fingerprint density at radius 3 is 2.57 bits per heavy atom. The van der Waals surface area contributed by atoms with E-state index in [0.717, 1.165) is 12.1 Å². The molecule has 1 aromatic rings. The summed E-state index contributed by atoms with van der Waals surface area (Å²) >= 11 is 0. The SMILES string of the molecule is O=C(NCc1ccc(F)cc1F)C1(C(F)(F)F)CCNC1. The average molecular weight is 308 g/mol. The van der Waals surface area contributed by atoms with Gasteiger partial charge in [0.25, 0.3) is 0 Å². The maximum atomic E-state index is 13.4. The molecule has 0 bridgehead atoms. The third-order valence-corrected chi connectivity index (χ3v) is 3.59. The highest BCUT2D eigenvalue weighted by Gasteiger charge is 2.61. The minimum Gasteiger partial charge on any atom is -0.351 e. The van der Waals surface area contributed by atoms with Gasteiger partial charge in [-0.1, -0.05) is 6.07 Å². The van der Waals surface area contributed by atoms with E-state index in [-0.39, 0.29) is 18.5 Å². The molecule has 0 aliphatic carbocycles. The van der Waals surface area contributed by atoms with Gasteiger partial charge in [-0.2, -0.15) is 13.2 Å². The second-order valence-corrected chi connectivity index (χ2v) is 4.93. The fourth-order valence-corrected chi connectivity index (χ4v) is 2.27. The van der Waals surface area contributed by atoms with Crippen LogP contribution in [0.3, 0.4) is 0 Å². The van der Waals surface area contributed by atoms with Crippen LogP contribution in [0.25, 0.3) is 0 Å². The van der Waals surface area contributed by atoms with Crippen molar-refractivity contribution in [3.63, 3.8) is 0 Å². The van der Waals surface area contributed by atoms with Crippen LogP contribution in [-0.4, -0.2) is 25.2 Å². The lowest BCUT2D eigenvalue weighted by atomic mass is 9.85. The van der Waals surface area contributed by atoms with Crippen molar-refractivity contribution in [1.29, 1.82) is 0 Å². The highest BCUT2D eigenvalue weighted by molar-refractivity contribution is 5.84. The molecule has 2 N–H and O–H groups in total. The number of benzene rings is 1. The van der Waals surface area contributed by atoms with Crippen LogP contribution < -0.4 is 10.6 Å². The molecule has 1 heterocycles. The predicted octanol–water partition coefficient (Wildman–Crippen LogP) is 2.12. The Morgan fingerprint density at radius 2 is 2.05 bits per heavy atom. The first-order valence-corrected chi connectivity index (χ1v) is 6.26. The van der Waals surface area contributed by atoms with Crippen LogP contribution in [0.15, 0.2) is 18.2 Å². The monoisotopic (exact) mass is 308 g/mol. The largest absolute Gasteiger partial charge is 0.404 e. The van der Waals surface area contributed by atoms with Crippen molar-refractivity contribution >= 4 is 5.91 Å². The molecule has 0 spiro atoms. The van der Waals surface area contributed by atoms with Gasteiger partial charge in [0.15, 0.2) is 5.41 Å². The van der Waals surface area contributed by atoms with Gasteiger partial charge in [0.05, 0.1) is 0 Å². The number of carbonyl (C=O) groups excluding carboxylic acids is 1. The van der Waals surface area contributed by atoms with E-state index >= 15 is 0 Å². The van der Waals surface area contributed by atoms with E-state index in [1.54, 1.807) is 0 Å². The van der Waals surface area contributed by atoms with E-state index in [9.17, 15) is 26.7 Å². The first-order valence-electron chi connectivity index (χ1n) is 6.26. The van der Waals surface area contributed by atoms with Gasteiger partial charge in [-0.05, 0) is 19.0 Å². The van der Waals surface area contributed by atoms with Crippen LogP contribution >= 0.6 is 0 Å². The van der Waals surface area contributed by atoms with Crippen molar-refractivity contribution in [3.8, 4) is 0 Å². The minimum absolute atomic E-state index is 0.0759. The molecular weight excluding hydrogens is 295 g/mol. The van der Waals surface area contributed by atoms with Gasteiger partial charge in [0.2, 0.25) is 5.91 Å².